The van der Waals surface area contributed by atoms with Crippen LogP contribution in [-0.2, 0) is 0 Å². The molecule has 0 saturated carbocycles. The Morgan fingerprint density at radius 2 is 2.00 bits per heavy atom. The summed E-state index contributed by atoms with van der Waals surface area (Å²) in [5.41, 5.74) is 3.11. The zero-order valence-electron chi connectivity index (χ0n) is 11.4. The van der Waals surface area contributed by atoms with Gasteiger partial charge in [0.15, 0.2) is 0 Å². The van der Waals surface area contributed by atoms with Gasteiger partial charge in [0, 0.05) is 16.6 Å². The number of nitrogens with zero attached hydrogens (tertiary/aromatic N) is 1. The zero-order valence-corrected chi connectivity index (χ0v) is 12.9. The van der Waals surface area contributed by atoms with Gasteiger partial charge >= 0.3 is 6.09 Å². The van der Waals surface area contributed by atoms with Crippen LogP contribution in [0.15, 0.2) is 41.5 Å². The summed E-state index contributed by atoms with van der Waals surface area (Å²) in [4.78, 5) is 13.1. The van der Waals surface area contributed by atoms with Gasteiger partial charge < -0.3 is 5.11 Å². The summed E-state index contributed by atoms with van der Waals surface area (Å²) >= 11 is 12.3. The molecule has 5 heteroatoms. The molecule has 1 atom stereocenters. The third-order valence-corrected chi connectivity index (χ3v) is 4.59. The lowest BCUT2D eigenvalue weighted by molar-refractivity contribution is 0.128. The molecule has 1 unspecified atom stereocenters. The number of benzene rings is 1. The van der Waals surface area contributed by atoms with Crippen molar-refractivity contribution >= 4 is 29.3 Å². The van der Waals surface area contributed by atoms with Crippen molar-refractivity contribution in [3.8, 4) is 0 Å². The second-order valence-corrected chi connectivity index (χ2v) is 6.10. The molecule has 110 valence electrons. The summed E-state index contributed by atoms with van der Waals surface area (Å²) in [6, 6.07) is 4.90. The largest absolute Gasteiger partial charge is 0.465 e. The fraction of sp³-hybridized carbons (Fsp3) is 0.312. The smallest absolute Gasteiger partial charge is 0.408 e. The van der Waals surface area contributed by atoms with E-state index in [0.29, 0.717) is 16.6 Å². The summed E-state index contributed by atoms with van der Waals surface area (Å²) in [6.45, 7) is 0.488. The third kappa shape index (κ3) is 2.68. The number of rotatable bonds is 1. The first kappa shape index (κ1) is 14.5. The van der Waals surface area contributed by atoms with Crippen LogP contribution in [0, 0.1) is 0 Å². The van der Waals surface area contributed by atoms with Crippen molar-refractivity contribution < 1.29 is 9.90 Å². The summed E-state index contributed by atoms with van der Waals surface area (Å²) in [5, 5.41) is 10.6. The van der Waals surface area contributed by atoms with E-state index in [4.69, 9.17) is 23.2 Å². The Morgan fingerprint density at radius 3 is 2.71 bits per heavy atom. The van der Waals surface area contributed by atoms with Gasteiger partial charge in [0.1, 0.15) is 0 Å². The fourth-order valence-electron chi connectivity index (χ4n) is 3.08. The Balaban J connectivity index is 2.10. The van der Waals surface area contributed by atoms with Gasteiger partial charge in [-0.1, -0.05) is 41.4 Å². The predicted octanol–water partition coefficient (Wildman–Crippen LogP) is 5.06. The Labute approximate surface area is 133 Å². The summed E-state index contributed by atoms with van der Waals surface area (Å²) < 4.78 is 0. The van der Waals surface area contributed by atoms with Gasteiger partial charge in [-0.15, -0.1) is 0 Å². The summed E-state index contributed by atoms with van der Waals surface area (Å²) in [6.07, 6.45) is 6.16. The van der Waals surface area contributed by atoms with Gasteiger partial charge in [-0.25, -0.2) is 4.79 Å². The molecule has 1 saturated heterocycles. The second kappa shape index (κ2) is 5.74. The van der Waals surface area contributed by atoms with E-state index >= 15 is 0 Å². The molecule has 1 heterocycles. The molecule has 2 aliphatic rings. The topological polar surface area (TPSA) is 40.5 Å². The number of carbonyl (C=O) groups is 1. The van der Waals surface area contributed by atoms with Crippen LogP contribution in [0.3, 0.4) is 0 Å². The van der Waals surface area contributed by atoms with E-state index in [2.05, 4.69) is 12.2 Å². The molecular weight excluding hydrogens is 309 g/mol. The standard InChI is InChI=1S/C16H15Cl2NO2/c17-11-5-6-13(14(18)9-11)15-12-4-2-1-3-10(12)7-8-19(15)16(20)21/h3-6,9,15H,1-2,7-8H2,(H,20,21). The van der Waals surface area contributed by atoms with Crippen molar-refractivity contribution in [1.82, 2.24) is 4.90 Å². The number of allylic oxidation sites excluding steroid dienone is 2. The van der Waals surface area contributed by atoms with Crippen molar-refractivity contribution in [3.63, 3.8) is 0 Å². The SMILES string of the molecule is O=C(O)N1CCC2=CCCC=C2C1c1ccc(Cl)cc1Cl. The molecule has 21 heavy (non-hydrogen) atoms. The Hall–Kier alpha value is -1.45. The van der Waals surface area contributed by atoms with Crippen molar-refractivity contribution in [3.05, 3.63) is 57.1 Å². The lowest BCUT2D eigenvalue weighted by Gasteiger charge is -2.39. The van der Waals surface area contributed by atoms with E-state index in [1.165, 1.54) is 10.5 Å². The molecule has 0 bridgehead atoms. The fourth-order valence-corrected chi connectivity index (χ4v) is 3.59. The first-order valence-corrected chi connectivity index (χ1v) is 7.67. The molecule has 0 spiro atoms. The first-order chi connectivity index (χ1) is 10.1. The average molecular weight is 324 g/mol. The van der Waals surface area contributed by atoms with E-state index in [0.717, 1.165) is 30.4 Å². The number of piperidine rings is 1. The molecule has 1 amide bonds. The molecule has 1 aromatic rings. The Kier molecular flexibility index (Phi) is 3.96. The highest BCUT2D eigenvalue weighted by Crippen LogP contribution is 2.43. The number of fused-ring (bicyclic) bond motifs is 1. The van der Waals surface area contributed by atoms with Gasteiger partial charge in [0.2, 0.25) is 0 Å². The normalized spacial score (nSPS) is 21.4. The molecule has 1 aliphatic carbocycles. The molecule has 3 rings (SSSR count). The van der Waals surface area contributed by atoms with Gasteiger partial charge in [-0.05, 0) is 48.1 Å². The molecule has 0 radical (unpaired) electrons. The van der Waals surface area contributed by atoms with Crippen LogP contribution in [-0.4, -0.2) is 22.6 Å². The minimum atomic E-state index is -0.920. The van der Waals surface area contributed by atoms with Crippen LogP contribution in [0.25, 0.3) is 0 Å². The van der Waals surface area contributed by atoms with Gasteiger partial charge in [0.05, 0.1) is 6.04 Å². The highest BCUT2D eigenvalue weighted by atomic mass is 35.5. The van der Waals surface area contributed by atoms with Crippen LogP contribution in [0.5, 0.6) is 0 Å². The third-order valence-electron chi connectivity index (χ3n) is 4.02. The van der Waals surface area contributed by atoms with Gasteiger partial charge in [0.25, 0.3) is 0 Å². The molecule has 0 aromatic heterocycles. The predicted molar refractivity (Wildman–Crippen MR) is 84.0 cm³/mol. The lowest BCUT2D eigenvalue weighted by atomic mass is 9.83. The molecular formula is C16H15Cl2NO2. The van der Waals surface area contributed by atoms with Crippen molar-refractivity contribution in [2.75, 3.05) is 6.54 Å². The van der Waals surface area contributed by atoms with Crippen molar-refractivity contribution in [2.24, 2.45) is 0 Å². The molecule has 1 aromatic carbocycles. The van der Waals surface area contributed by atoms with Crippen LogP contribution >= 0.6 is 23.2 Å². The number of hydrogen-bond acceptors (Lipinski definition) is 1. The highest BCUT2D eigenvalue weighted by molar-refractivity contribution is 6.35. The number of hydrogen-bond donors (Lipinski definition) is 1. The number of carboxylic acid groups (broad SMARTS) is 1. The van der Waals surface area contributed by atoms with Crippen LogP contribution in [0.2, 0.25) is 10.0 Å². The quantitative estimate of drug-likeness (QED) is 0.784. The van der Waals surface area contributed by atoms with Crippen LogP contribution < -0.4 is 0 Å². The maximum Gasteiger partial charge on any atom is 0.408 e. The van der Waals surface area contributed by atoms with Crippen LogP contribution in [0.4, 0.5) is 4.79 Å². The van der Waals surface area contributed by atoms with Gasteiger partial charge in [-0.3, -0.25) is 4.90 Å². The first-order valence-electron chi connectivity index (χ1n) is 6.92. The maximum atomic E-state index is 11.6. The average Bonchev–Trinajstić information content (AvgIpc) is 2.46. The van der Waals surface area contributed by atoms with E-state index < -0.39 is 6.09 Å². The molecule has 3 nitrogen and oxygen atoms in total. The lowest BCUT2D eigenvalue weighted by Crippen LogP contribution is -2.40. The maximum absolute atomic E-state index is 11.6. The number of amides is 1. The number of halogens is 2. The molecule has 1 fully saturated rings. The summed E-state index contributed by atoms with van der Waals surface area (Å²) in [7, 11) is 0. The van der Waals surface area contributed by atoms with Crippen LogP contribution in [0.1, 0.15) is 30.9 Å². The zero-order chi connectivity index (χ0) is 15.0. The van der Waals surface area contributed by atoms with Crippen molar-refractivity contribution in [2.45, 2.75) is 25.3 Å². The minimum absolute atomic E-state index is 0.340. The Bertz CT molecular complexity index is 652. The monoisotopic (exact) mass is 323 g/mol. The highest BCUT2D eigenvalue weighted by Gasteiger charge is 2.35. The summed E-state index contributed by atoms with van der Waals surface area (Å²) in [5.74, 6) is 0. The molecule has 1 aliphatic heterocycles. The second-order valence-electron chi connectivity index (χ2n) is 5.26. The van der Waals surface area contributed by atoms with E-state index in [1.807, 2.05) is 6.07 Å². The van der Waals surface area contributed by atoms with E-state index in [1.54, 1.807) is 12.1 Å². The number of likely N-dealkylation sites (tertiary alicyclic amines) is 1. The van der Waals surface area contributed by atoms with Gasteiger partial charge in [-0.2, -0.15) is 0 Å². The minimum Gasteiger partial charge on any atom is -0.465 e. The molecule has 1 N–H and O–H groups in total. The van der Waals surface area contributed by atoms with E-state index in [-0.39, 0.29) is 6.04 Å². The van der Waals surface area contributed by atoms with Crippen molar-refractivity contribution in [1.29, 1.82) is 0 Å². The Morgan fingerprint density at radius 1 is 1.24 bits per heavy atom. The van der Waals surface area contributed by atoms with E-state index in [9.17, 15) is 9.90 Å².